The normalized spacial score (nSPS) is 13.0. The Morgan fingerprint density at radius 2 is 1.77 bits per heavy atom. The molecule has 8 heteroatoms. The maximum Gasteiger partial charge on any atom is 0.355 e. The van der Waals surface area contributed by atoms with Crippen molar-refractivity contribution in [2.24, 2.45) is 0 Å². The smallest absolute Gasteiger partial charge is 0.355 e. The molecule has 0 atom stereocenters. The molecule has 8 nitrogen and oxygen atoms in total. The molecule has 1 aliphatic rings. The van der Waals surface area contributed by atoms with Gasteiger partial charge in [-0.15, -0.1) is 0 Å². The highest BCUT2D eigenvalue weighted by Gasteiger charge is 2.28. The van der Waals surface area contributed by atoms with Crippen LogP contribution in [0.3, 0.4) is 0 Å². The van der Waals surface area contributed by atoms with Crippen molar-refractivity contribution < 1.29 is 28.6 Å². The van der Waals surface area contributed by atoms with Crippen molar-refractivity contribution >= 4 is 29.2 Å². The lowest BCUT2D eigenvalue weighted by Crippen LogP contribution is -2.27. The van der Waals surface area contributed by atoms with Gasteiger partial charge in [-0.2, -0.15) is 0 Å². The van der Waals surface area contributed by atoms with Crippen molar-refractivity contribution in [2.75, 3.05) is 31.5 Å². The third-order valence-corrected chi connectivity index (χ3v) is 4.38. The Hall–Kier alpha value is -3.55. The van der Waals surface area contributed by atoms with Gasteiger partial charge in [0.1, 0.15) is 11.4 Å². The molecule has 1 heterocycles. The quantitative estimate of drug-likeness (QED) is 0.652. The lowest BCUT2D eigenvalue weighted by atomic mass is 10.1. The van der Waals surface area contributed by atoms with Crippen LogP contribution >= 0.6 is 0 Å². The van der Waals surface area contributed by atoms with Crippen LogP contribution in [-0.4, -0.2) is 39.2 Å². The van der Waals surface area contributed by atoms with Crippen LogP contribution in [0.1, 0.15) is 26.2 Å². The summed E-state index contributed by atoms with van der Waals surface area (Å²) in [7, 11) is 3.95. The van der Waals surface area contributed by atoms with Crippen molar-refractivity contribution in [1.29, 1.82) is 0 Å². The Morgan fingerprint density at radius 1 is 1.03 bits per heavy atom. The topological polar surface area (TPSA) is 94.2 Å². The Kier molecular flexibility index (Phi) is 8.22. The van der Waals surface area contributed by atoms with E-state index in [1.807, 2.05) is 6.92 Å². The summed E-state index contributed by atoms with van der Waals surface area (Å²) in [6.45, 7) is 2.02. The van der Waals surface area contributed by atoms with Crippen LogP contribution in [-0.2, 0) is 23.9 Å². The molecule has 2 rings (SSSR count). The van der Waals surface area contributed by atoms with Crippen LogP contribution in [0.2, 0.25) is 0 Å². The van der Waals surface area contributed by atoms with Crippen LogP contribution in [0.15, 0.2) is 53.9 Å². The molecule has 0 saturated carbocycles. The molecule has 160 valence electrons. The molecule has 0 radical (unpaired) electrons. The van der Waals surface area contributed by atoms with E-state index in [1.165, 1.54) is 32.3 Å². The van der Waals surface area contributed by atoms with Gasteiger partial charge in [-0.25, -0.2) is 9.59 Å². The van der Waals surface area contributed by atoms with Crippen LogP contribution in [0, 0.1) is 0 Å². The highest BCUT2D eigenvalue weighted by Crippen LogP contribution is 2.33. The number of nitrogens with one attached hydrogen (secondary N) is 1. The number of methoxy groups -OCH3 is 3. The second kappa shape index (κ2) is 10.8. The van der Waals surface area contributed by atoms with E-state index in [4.69, 9.17) is 14.2 Å². The number of anilines is 2. The zero-order chi connectivity index (χ0) is 22.1. The van der Waals surface area contributed by atoms with E-state index >= 15 is 0 Å². The van der Waals surface area contributed by atoms with Crippen LogP contribution < -0.4 is 15.0 Å². The number of allylic oxidation sites excluding steroid dienone is 2. The molecule has 0 bridgehead atoms. The fraction of sp³-hybridized carbons (Fsp3) is 0.318. The summed E-state index contributed by atoms with van der Waals surface area (Å²) < 4.78 is 15.1. The Bertz CT molecular complexity index is 901. The Balaban J connectivity index is 2.48. The third kappa shape index (κ3) is 5.28. The van der Waals surface area contributed by atoms with Gasteiger partial charge in [-0.3, -0.25) is 4.79 Å². The fourth-order valence-electron chi connectivity index (χ4n) is 2.85. The van der Waals surface area contributed by atoms with Gasteiger partial charge >= 0.3 is 11.9 Å². The molecular weight excluding hydrogens is 388 g/mol. The maximum atomic E-state index is 12.5. The summed E-state index contributed by atoms with van der Waals surface area (Å²) >= 11 is 0. The molecule has 0 spiro atoms. The minimum Gasteiger partial charge on any atom is -0.494 e. The zero-order valence-electron chi connectivity index (χ0n) is 17.6. The van der Waals surface area contributed by atoms with Crippen molar-refractivity contribution in [3.63, 3.8) is 0 Å². The molecule has 1 amide bonds. The maximum absolute atomic E-state index is 12.5. The number of rotatable bonds is 8. The van der Waals surface area contributed by atoms with Gasteiger partial charge in [0.15, 0.2) is 0 Å². The summed E-state index contributed by atoms with van der Waals surface area (Å²) in [5.74, 6) is -1.08. The number of esters is 2. The predicted molar refractivity (Wildman–Crippen MR) is 113 cm³/mol. The largest absolute Gasteiger partial charge is 0.494 e. The molecule has 1 N–H and O–H groups in total. The van der Waals surface area contributed by atoms with E-state index in [0.29, 0.717) is 23.5 Å². The SMILES string of the molecule is CCCCC(=O)Nc1ccc(N2C=CC=CC(C(=O)OC)=C2C(=O)OC)cc1OC. The summed E-state index contributed by atoms with van der Waals surface area (Å²) in [5.41, 5.74) is 1.08. The average molecular weight is 414 g/mol. The number of unbranched alkanes of at least 4 members (excludes halogenated alkanes) is 1. The molecule has 1 aromatic rings. The highest BCUT2D eigenvalue weighted by atomic mass is 16.5. The van der Waals surface area contributed by atoms with E-state index in [9.17, 15) is 14.4 Å². The van der Waals surface area contributed by atoms with Gasteiger partial charge in [0, 0.05) is 24.4 Å². The average Bonchev–Trinajstić information content (AvgIpc) is 2.99. The second-order valence-electron chi connectivity index (χ2n) is 6.35. The van der Waals surface area contributed by atoms with Crippen molar-refractivity contribution in [2.45, 2.75) is 26.2 Å². The van der Waals surface area contributed by atoms with Crippen molar-refractivity contribution in [3.8, 4) is 5.75 Å². The number of hydrogen-bond acceptors (Lipinski definition) is 7. The molecule has 0 fully saturated rings. The number of carbonyl (C=O) groups is 3. The van der Waals surface area contributed by atoms with E-state index in [2.05, 4.69) is 5.32 Å². The van der Waals surface area contributed by atoms with E-state index in [-0.39, 0.29) is 17.2 Å². The number of carbonyl (C=O) groups excluding carboxylic acids is 3. The van der Waals surface area contributed by atoms with E-state index in [1.54, 1.807) is 36.6 Å². The summed E-state index contributed by atoms with van der Waals surface area (Å²) in [5, 5.41) is 2.83. The molecular formula is C22H26N2O6. The van der Waals surface area contributed by atoms with Crippen molar-refractivity contribution in [3.05, 3.63) is 53.9 Å². The van der Waals surface area contributed by atoms with Gasteiger partial charge in [0.05, 0.1) is 32.6 Å². The standard InChI is InChI=1S/C22H26N2O6/c1-5-6-10-19(25)23-17-12-11-15(14-18(17)28-2)24-13-8-7-9-16(21(26)29-3)20(24)22(27)30-4/h7-9,11-14H,5-6,10H2,1-4H3,(H,23,25). The summed E-state index contributed by atoms with van der Waals surface area (Å²) in [6.07, 6.45) is 8.52. The number of benzene rings is 1. The molecule has 1 aromatic carbocycles. The summed E-state index contributed by atoms with van der Waals surface area (Å²) in [4.78, 5) is 38.4. The first-order valence-corrected chi connectivity index (χ1v) is 9.49. The Morgan fingerprint density at radius 3 is 2.40 bits per heavy atom. The summed E-state index contributed by atoms with van der Waals surface area (Å²) in [6, 6.07) is 5.03. The number of nitrogens with zero attached hydrogens (tertiary/aromatic N) is 1. The molecule has 0 aromatic heterocycles. The van der Waals surface area contributed by atoms with Gasteiger partial charge in [0.2, 0.25) is 5.91 Å². The van der Waals surface area contributed by atoms with Gasteiger partial charge in [-0.1, -0.05) is 19.4 Å². The first-order valence-electron chi connectivity index (χ1n) is 9.49. The van der Waals surface area contributed by atoms with E-state index in [0.717, 1.165) is 12.8 Å². The van der Waals surface area contributed by atoms with Crippen LogP contribution in [0.4, 0.5) is 11.4 Å². The molecule has 30 heavy (non-hydrogen) atoms. The number of ether oxygens (including phenoxy) is 3. The Labute approximate surface area is 175 Å². The monoisotopic (exact) mass is 414 g/mol. The first kappa shape index (κ1) is 22.7. The molecule has 0 aliphatic carbocycles. The van der Waals surface area contributed by atoms with Crippen molar-refractivity contribution in [1.82, 2.24) is 0 Å². The lowest BCUT2D eigenvalue weighted by molar-refractivity contribution is -0.139. The van der Waals surface area contributed by atoms with Gasteiger partial charge in [0.25, 0.3) is 0 Å². The second-order valence-corrected chi connectivity index (χ2v) is 6.35. The van der Waals surface area contributed by atoms with Crippen LogP contribution in [0.5, 0.6) is 5.75 Å². The highest BCUT2D eigenvalue weighted by molar-refractivity contribution is 6.05. The molecule has 1 aliphatic heterocycles. The molecule has 0 saturated heterocycles. The minimum atomic E-state index is -0.706. The molecule has 0 unspecified atom stereocenters. The third-order valence-electron chi connectivity index (χ3n) is 4.38. The van der Waals surface area contributed by atoms with Crippen LogP contribution in [0.25, 0.3) is 0 Å². The lowest BCUT2D eigenvalue weighted by Gasteiger charge is -2.24. The number of amides is 1. The van der Waals surface area contributed by atoms with Gasteiger partial charge in [-0.05, 0) is 30.7 Å². The van der Waals surface area contributed by atoms with Gasteiger partial charge < -0.3 is 24.4 Å². The first-order chi connectivity index (χ1) is 14.5. The predicted octanol–water partition coefficient (Wildman–Crippen LogP) is 3.31. The zero-order valence-corrected chi connectivity index (χ0v) is 17.6. The fourth-order valence-corrected chi connectivity index (χ4v) is 2.85. The number of hydrogen-bond donors (Lipinski definition) is 1. The minimum absolute atomic E-state index is 0.00358. The van der Waals surface area contributed by atoms with E-state index < -0.39 is 11.9 Å².